The Labute approximate surface area is 118 Å². The molecule has 1 heterocycles. The third-order valence-corrected chi connectivity index (χ3v) is 3.90. The highest BCUT2D eigenvalue weighted by Crippen LogP contribution is 2.17. The van der Waals surface area contributed by atoms with E-state index in [1.807, 2.05) is 38.1 Å². The van der Waals surface area contributed by atoms with Gasteiger partial charge in [0.2, 0.25) is 0 Å². The molecular formula is C16H20N2O2. The Kier molecular flexibility index (Phi) is 4.35. The molecular weight excluding hydrogens is 252 g/mol. The zero-order chi connectivity index (χ0) is 14.6. The van der Waals surface area contributed by atoms with Crippen LogP contribution in [0.2, 0.25) is 0 Å². The molecule has 0 unspecified atom stereocenters. The van der Waals surface area contributed by atoms with Gasteiger partial charge >= 0.3 is 0 Å². The number of rotatable bonds is 5. The van der Waals surface area contributed by atoms with Gasteiger partial charge in [0.05, 0.1) is 17.7 Å². The van der Waals surface area contributed by atoms with E-state index in [1.54, 1.807) is 12.3 Å². The van der Waals surface area contributed by atoms with Gasteiger partial charge in [-0.25, -0.2) is 0 Å². The van der Waals surface area contributed by atoms with E-state index in [0.717, 1.165) is 10.9 Å². The highest BCUT2D eigenvalue weighted by atomic mass is 16.3. The third-order valence-electron chi connectivity index (χ3n) is 3.90. The lowest BCUT2D eigenvalue weighted by atomic mass is 9.93. The predicted octanol–water partition coefficient (Wildman–Crippen LogP) is 2.52. The summed E-state index contributed by atoms with van der Waals surface area (Å²) >= 11 is 0. The SMILES string of the molecule is CCC(CC)(CO)NC(=O)c1ccc2ncccc2c1. The van der Waals surface area contributed by atoms with Gasteiger partial charge in [0.1, 0.15) is 0 Å². The van der Waals surface area contributed by atoms with Crippen LogP contribution < -0.4 is 5.32 Å². The number of nitrogens with zero attached hydrogens (tertiary/aromatic N) is 1. The van der Waals surface area contributed by atoms with Crippen molar-refractivity contribution in [1.82, 2.24) is 10.3 Å². The van der Waals surface area contributed by atoms with Crippen LogP contribution in [0.3, 0.4) is 0 Å². The summed E-state index contributed by atoms with van der Waals surface area (Å²) in [5, 5.41) is 13.4. The topological polar surface area (TPSA) is 62.2 Å². The average molecular weight is 272 g/mol. The maximum atomic E-state index is 12.3. The molecule has 0 atom stereocenters. The Morgan fingerprint density at radius 3 is 2.70 bits per heavy atom. The molecule has 1 aromatic heterocycles. The Morgan fingerprint density at radius 1 is 1.30 bits per heavy atom. The molecule has 0 saturated carbocycles. The van der Waals surface area contributed by atoms with E-state index in [1.165, 1.54) is 0 Å². The number of carbonyl (C=O) groups is 1. The van der Waals surface area contributed by atoms with Crippen molar-refractivity contribution in [3.63, 3.8) is 0 Å². The Hall–Kier alpha value is -1.94. The zero-order valence-electron chi connectivity index (χ0n) is 11.9. The molecule has 1 amide bonds. The summed E-state index contributed by atoms with van der Waals surface area (Å²) in [4.78, 5) is 16.6. The molecule has 0 bridgehead atoms. The lowest BCUT2D eigenvalue weighted by Crippen LogP contribution is -2.50. The Morgan fingerprint density at radius 2 is 2.05 bits per heavy atom. The molecule has 0 radical (unpaired) electrons. The van der Waals surface area contributed by atoms with Crippen LogP contribution in [0.15, 0.2) is 36.5 Å². The van der Waals surface area contributed by atoms with Crippen molar-refractivity contribution in [1.29, 1.82) is 0 Å². The fourth-order valence-electron chi connectivity index (χ4n) is 2.22. The quantitative estimate of drug-likeness (QED) is 0.879. The number of amides is 1. The Bertz CT molecular complexity index is 598. The number of aromatic nitrogens is 1. The molecule has 0 aliphatic carbocycles. The molecule has 2 rings (SSSR count). The summed E-state index contributed by atoms with van der Waals surface area (Å²) in [7, 11) is 0. The van der Waals surface area contributed by atoms with Crippen molar-refractivity contribution in [2.24, 2.45) is 0 Å². The van der Waals surface area contributed by atoms with Crippen LogP contribution in [0.1, 0.15) is 37.0 Å². The maximum Gasteiger partial charge on any atom is 0.251 e. The molecule has 0 fully saturated rings. The molecule has 0 aliphatic rings. The van der Waals surface area contributed by atoms with E-state index in [-0.39, 0.29) is 12.5 Å². The molecule has 4 nitrogen and oxygen atoms in total. The zero-order valence-corrected chi connectivity index (χ0v) is 11.9. The van der Waals surface area contributed by atoms with Crippen molar-refractivity contribution in [2.45, 2.75) is 32.2 Å². The average Bonchev–Trinajstić information content (AvgIpc) is 2.52. The fourth-order valence-corrected chi connectivity index (χ4v) is 2.22. The fraction of sp³-hybridized carbons (Fsp3) is 0.375. The van der Waals surface area contributed by atoms with Gasteiger partial charge in [0, 0.05) is 17.1 Å². The lowest BCUT2D eigenvalue weighted by Gasteiger charge is -2.30. The van der Waals surface area contributed by atoms with Crippen LogP contribution in [-0.4, -0.2) is 28.1 Å². The van der Waals surface area contributed by atoms with E-state index >= 15 is 0 Å². The van der Waals surface area contributed by atoms with E-state index < -0.39 is 5.54 Å². The van der Waals surface area contributed by atoms with Crippen molar-refractivity contribution in [3.05, 3.63) is 42.1 Å². The van der Waals surface area contributed by atoms with Crippen LogP contribution >= 0.6 is 0 Å². The second kappa shape index (κ2) is 6.01. The predicted molar refractivity (Wildman–Crippen MR) is 79.6 cm³/mol. The van der Waals surface area contributed by atoms with Crippen LogP contribution in [0, 0.1) is 0 Å². The van der Waals surface area contributed by atoms with E-state index in [9.17, 15) is 9.90 Å². The minimum absolute atomic E-state index is 0.0547. The summed E-state index contributed by atoms with van der Waals surface area (Å²) < 4.78 is 0. The number of benzene rings is 1. The third kappa shape index (κ3) is 2.80. The normalized spacial score (nSPS) is 11.6. The van der Waals surface area contributed by atoms with E-state index in [2.05, 4.69) is 10.3 Å². The number of pyridine rings is 1. The smallest absolute Gasteiger partial charge is 0.251 e. The van der Waals surface area contributed by atoms with Crippen molar-refractivity contribution in [2.75, 3.05) is 6.61 Å². The second-order valence-corrected chi connectivity index (χ2v) is 5.01. The van der Waals surface area contributed by atoms with Gasteiger partial charge in [-0.1, -0.05) is 19.9 Å². The second-order valence-electron chi connectivity index (χ2n) is 5.01. The van der Waals surface area contributed by atoms with Crippen LogP contribution in [0.25, 0.3) is 10.9 Å². The number of carbonyl (C=O) groups excluding carboxylic acids is 1. The molecule has 0 aliphatic heterocycles. The van der Waals surface area contributed by atoms with Gasteiger partial charge in [-0.3, -0.25) is 9.78 Å². The summed E-state index contributed by atoms with van der Waals surface area (Å²) in [6, 6.07) is 9.20. The first kappa shape index (κ1) is 14.5. The van der Waals surface area contributed by atoms with Gasteiger partial charge in [-0.15, -0.1) is 0 Å². The Balaban J connectivity index is 2.27. The highest BCUT2D eigenvalue weighted by Gasteiger charge is 2.27. The molecule has 20 heavy (non-hydrogen) atoms. The molecule has 0 spiro atoms. The van der Waals surface area contributed by atoms with Crippen LogP contribution in [-0.2, 0) is 0 Å². The first-order valence-electron chi connectivity index (χ1n) is 6.92. The van der Waals surface area contributed by atoms with E-state index in [4.69, 9.17) is 0 Å². The largest absolute Gasteiger partial charge is 0.394 e. The van der Waals surface area contributed by atoms with Crippen molar-refractivity contribution < 1.29 is 9.90 Å². The summed E-state index contributed by atoms with van der Waals surface area (Å²) in [6.45, 7) is 3.87. The van der Waals surface area contributed by atoms with Gasteiger partial charge in [-0.05, 0) is 37.1 Å². The monoisotopic (exact) mass is 272 g/mol. The first-order valence-corrected chi connectivity index (χ1v) is 6.92. The summed E-state index contributed by atoms with van der Waals surface area (Å²) in [6.07, 6.45) is 3.12. The van der Waals surface area contributed by atoms with Crippen molar-refractivity contribution >= 4 is 16.8 Å². The molecule has 106 valence electrons. The van der Waals surface area contributed by atoms with Gasteiger partial charge in [0.25, 0.3) is 5.91 Å². The number of hydrogen-bond donors (Lipinski definition) is 2. The van der Waals surface area contributed by atoms with Crippen LogP contribution in [0.5, 0.6) is 0 Å². The van der Waals surface area contributed by atoms with Gasteiger partial charge in [-0.2, -0.15) is 0 Å². The van der Waals surface area contributed by atoms with Gasteiger partial charge < -0.3 is 10.4 Å². The number of hydrogen-bond acceptors (Lipinski definition) is 3. The minimum Gasteiger partial charge on any atom is -0.394 e. The number of aliphatic hydroxyl groups is 1. The molecule has 4 heteroatoms. The molecule has 0 saturated heterocycles. The number of fused-ring (bicyclic) bond motifs is 1. The van der Waals surface area contributed by atoms with Crippen molar-refractivity contribution in [3.8, 4) is 0 Å². The van der Waals surface area contributed by atoms with Crippen LogP contribution in [0.4, 0.5) is 0 Å². The lowest BCUT2D eigenvalue weighted by molar-refractivity contribution is 0.0818. The van der Waals surface area contributed by atoms with Gasteiger partial charge in [0.15, 0.2) is 0 Å². The minimum atomic E-state index is -0.541. The molecule has 2 N–H and O–H groups in total. The molecule has 2 aromatic rings. The summed E-state index contributed by atoms with van der Waals surface area (Å²) in [5.41, 5.74) is 0.912. The number of nitrogens with one attached hydrogen (secondary N) is 1. The van der Waals surface area contributed by atoms with E-state index in [0.29, 0.717) is 18.4 Å². The number of aliphatic hydroxyl groups excluding tert-OH is 1. The maximum absolute atomic E-state index is 12.3. The highest BCUT2D eigenvalue weighted by molar-refractivity contribution is 5.98. The first-order chi connectivity index (χ1) is 9.64. The molecule has 1 aromatic carbocycles. The summed E-state index contributed by atoms with van der Waals surface area (Å²) in [5.74, 6) is -0.159. The standard InChI is InChI=1S/C16H20N2O2/c1-3-16(4-2,11-19)18-15(20)13-7-8-14-12(10-13)6-5-9-17-14/h5-10,19H,3-4,11H2,1-2H3,(H,18,20).